The molecule has 1 fully saturated rings. The molecular formula is C8H16N6O3S. The van der Waals surface area contributed by atoms with Crippen molar-refractivity contribution < 1.29 is 8.42 Å². The number of nitrogens with zero attached hydrogens (tertiary/aromatic N) is 6. The van der Waals surface area contributed by atoms with Gasteiger partial charge in [0, 0.05) is 40.3 Å². The van der Waals surface area contributed by atoms with Crippen LogP contribution in [-0.2, 0) is 10.2 Å². The Labute approximate surface area is 106 Å². The van der Waals surface area contributed by atoms with Crippen LogP contribution >= 0.6 is 0 Å². The second kappa shape index (κ2) is 6.05. The van der Waals surface area contributed by atoms with E-state index in [9.17, 15) is 13.3 Å². The van der Waals surface area contributed by atoms with Crippen molar-refractivity contribution in [3.63, 3.8) is 0 Å². The Balaban J connectivity index is 2.61. The lowest BCUT2D eigenvalue weighted by Crippen LogP contribution is -2.55. The summed E-state index contributed by atoms with van der Waals surface area (Å²) < 4.78 is 26.2. The van der Waals surface area contributed by atoms with Crippen molar-refractivity contribution in [1.82, 2.24) is 18.7 Å². The van der Waals surface area contributed by atoms with E-state index in [1.165, 1.54) is 18.4 Å². The van der Waals surface area contributed by atoms with Crippen LogP contribution in [0.4, 0.5) is 0 Å². The molecule has 0 atom stereocenters. The molecule has 0 aromatic heterocycles. The summed E-state index contributed by atoms with van der Waals surface area (Å²) in [4.78, 5) is 10.5. The van der Waals surface area contributed by atoms with Gasteiger partial charge in [-0.2, -0.15) is 32.4 Å². The zero-order valence-electron chi connectivity index (χ0n) is 10.4. The first-order valence-corrected chi connectivity index (χ1v) is 6.73. The maximum Gasteiger partial charge on any atom is 0.281 e. The van der Waals surface area contributed by atoms with E-state index in [-0.39, 0.29) is 19.6 Å². The lowest BCUT2D eigenvalue weighted by Gasteiger charge is -2.37. The van der Waals surface area contributed by atoms with Crippen LogP contribution in [0.2, 0.25) is 0 Å². The molecule has 102 valence electrons. The molecule has 0 unspecified atom stereocenters. The first kappa shape index (κ1) is 14.8. The van der Waals surface area contributed by atoms with Crippen LogP contribution in [-0.4, -0.2) is 74.0 Å². The molecule has 1 heterocycles. The molecule has 10 heteroatoms. The van der Waals surface area contributed by atoms with Gasteiger partial charge < -0.3 is 0 Å². The highest BCUT2D eigenvalue weighted by molar-refractivity contribution is 7.86. The topological polar surface area (TPSA) is 100 Å². The number of hydrazine groups is 1. The summed E-state index contributed by atoms with van der Waals surface area (Å²) >= 11 is 0. The standard InChI is InChI=1S/C8H16N6O3S/c1-11(2)18(16,17)13-7-5-12(6-8-13)14(10-15)4-3-9/h4-8H2,1-2H3. The predicted molar refractivity (Wildman–Crippen MR) is 63.9 cm³/mol. The van der Waals surface area contributed by atoms with E-state index in [0.29, 0.717) is 13.1 Å². The zero-order valence-corrected chi connectivity index (χ0v) is 11.2. The number of nitriles is 1. The molecular weight excluding hydrogens is 260 g/mol. The van der Waals surface area contributed by atoms with Crippen molar-refractivity contribution in [3.8, 4) is 6.07 Å². The Bertz CT molecular complexity index is 423. The summed E-state index contributed by atoms with van der Waals surface area (Å²) in [5.74, 6) is 0. The van der Waals surface area contributed by atoms with Gasteiger partial charge in [0.2, 0.25) is 0 Å². The lowest BCUT2D eigenvalue weighted by atomic mass is 10.4. The highest BCUT2D eigenvalue weighted by atomic mass is 32.2. The number of nitroso groups, excluding NO2 is 1. The average molecular weight is 276 g/mol. The second-order valence-electron chi connectivity index (χ2n) is 3.91. The summed E-state index contributed by atoms with van der Waals surface area (Å²) in [7, 11) is -0.483. The van der Waals surface area contributed by atoms with Crippen molar-refractivity contribution in [3.05, 3.63) is 4.91 Å². The summed E-state index contributed by atoms with van der Waals surface area (Å²) in [6.07, 6.45) is 0. The van der Waals surface area contributed by atoms with Gasteiger partial charge in [-0.15, -0.1) is 4.91 Å². The Morgan fingerprint density at radius 2 is 1.83 bits per heavy atom. The van der Waals surface area contributed by atoms with E-state index in [0.717, 1.165) is 9.42 Å². The Morgan fingerprint density at radius 3 is 2.22 bits per heavy atom. The largest absolute Gasteiger partial charge is 0.281 e. The quantitative estimate of drug-likeness (QED) is 0.356. The van der Waals surface area contributed by atoms with Gasteiger partial charge in [-0.25, -0.2) is 0 Å². The van der Waals surface area contributed by atoms with Gasteiger partial charge >= 0.3 is 0 Å². The molecule has 0 aromatic carbocycles. The van der Waals surface area contributed by atoms with Gasteiger partial charge in [0.05, 0.1) is 11.4 Å². The Morgan fingerprint density at radius 1 is 1.28 bits per heavy atom. The van der Waals surface area contributed by atoms with E-state index in [2.05, 4.69) is 5.29 Å². The van der Waals surface area contributed by atoms with Crippen LogP contribution in [0.3, 0.4) is 0 Å². The predicted octanol–water partition coefficient (Wildman–Crippen LogP) is -1.17. The SMILES string of the molecule is CN(C)S(=O)(=O)N1CCN(N(CC#N)N=O)CC1. The zero-order chi connectivity index (χ0) is 13.8. The number of hydrogen-bond donors (Lipinski definition) is 0. The third-order valence-electron chi connectivity index (χ3n) is 2.64. The van der Waals surface area contributed by atoms with Crippen LogP contribution < -0.4 is 0 Å². The fraction of sp³-hybridized carbons (Fsp3) is 0.875. The fourth-order valence-corrected chi connectivity index (χ4v) is 2.70. The van der Waals surface area contributed by atoms with E-state index < -0.39 is 10.2 Å². The molecule has 0 N–H and O–H groups in total. The number of hydrogen-bond acceptors (Lipinski definition) is 6. The fourth-order valence-electron chi connectivity index (χ4n) is 1.61. The molecule has 1 saturated heterocycles. The first-order chi connectivity index (χ1) is 8.43. The monoisotopic (exact) mass is 276 g/mol. The van der Waals surface area contributed by atoms with E-state index in [4.69, 9.17) is 5.26 Å². The van der Waals surface area contributed by atoms with Crippen molar-refractivity contribution in [2.45, 2.75) is 0 Å². The van der Waals surface area contributed by atoms with Gasteiger partial charge in [-0.1, -0.05) is 0 Å². The highest BCUT2D eigenvalue weighted by Gasteiger charge is 2.30. The van der Waals surface area contributed by atoms with Gasteiger partial charge in [0.25, 0.3) is 10.2 Å². The molecule has 1 aliphatic heterocycles. The summed E-state index contributed by atoms with van der Waals surface area (Å²) in [5, 5.41) is 13.8. The van der Waals surface area contributed by atoms with Crippen LogP contribution in [0.15, 0.2) is 5.29 Å². The van der Waals surface area contributed by atoms with Crippen LogP contribution in [0.1, 0.15) is 0 Å². The minimum Gasteiger partial charge on any atom is -0.198 e. The number of rotatable bonds is 5. The average Bonchev–Trinajstić information content (AvgIpc) is 2.36. The Kier molecular flexibility index (Phi) is 4.97. The van der Waals surface area contributed by atoms with Gasteiger partial charge in [0.1, 0.15) is 6.54 Å². The maximum atomic E-state index is 11.8. The molecule has 0 aromatic rings. The molecule has 0 aliphatic carbocycles. The molecule has 0 spiro atoms. The third-order valence-corrected chi connectivity index (χ3v) is 4.58. The molecule has 0 radical (unpaired) electrons. The normalized spacial score (nSPS) is 18.6. The van der Waals surface area contributed by atoms with E-state index >= 15 is 0 Å². The molecule has 0 saturated carbocycles. The molecule has 0 bridgehead atoms. The smallest absolute Gasteiger partial charge is 0.198 e. The lowest BCUT2D eigenvalue weighted by molar-refractivity contribution is -0.0362. The van der Waals surface area contributed by atoms with Crippen molar-refractivity contribution in [2.75, 3.05) is 46.8 Å². The van der Waals surface area contributed by atoms with E-state index in [1.54, 1.807) is 5.01 Å². The van der Waals surface area contributed by atoms with Crippen LogP contribution in [0.25, 0.3) is 0 Å². The number of piperazine rings is 1. The van der Waals surface area contributed by atoms with Crippen LogP contribution in [0, 0.1) is 16.2 Å². The van der Waals surface area contributed by atoms with Gasteiger partial charge in [0.15, 0.2) is 0 Å². The minimum absolute atomic E-state index is 0.135. The van der Waals surface area contributed by atoms with Gasteiger partial charge in [-0.05, 0) is 0 Å². The van der Waals surface area contributed by atoms with Crippen molar-refractivity contribution in [1.29, 1.82) is 5.26 Å². The summed E-state index contributed by atoms with van der Waals surface area (Å²) in [6, 6.07) is 1.83. The summed E-state index contributed by atoms with van der Waals surface area (Å²) in [5.41, 5.74) is 0. The highest BCUT2D eigenvalue weighted by Crippen LogP contribution is 2.11. The third kappa shape index (κ3) is 3.14. The Hall–Kier alpha value is -1.28. The molecule has 0 amide bonds. The van der Waals surface area contributed by atoms with Gasteiger partial charge in [-0.3, -0.25) is 0 Å². The molecule has 9 nitrogen and oxygen atoms in total. The van der Waals surface area contributed by atoms with Crippen LogP contribution in [0.5, 0.6) is 0 Å². The second-order valence-corrected chi connectivity index (χ2v) is 6.06. The maximum absolute atomic E-state index is 11.8. The van der Waals surface area contributed by atoms with E-state index in [1.807, 2.05) is 6.07 Å². The minimum atomic E-state index is -3.42. The molecule has 18 heavy (non-hydrogen) atoms. The van der Waals surface area contributed by atoms with Crippen molar-refractivity contribution in [2.24, 2.45) is 5.29 Å². The summed E-state index contributed by atoms with van der Waals surface area (Å²) in [6.45, 7) is 1.06. The van der Waals surface area contributed by atoms with Crippen molar-refractivity contribution >= 4 is 10.2 Å². The molecule has 1 aliphatic rings. The molecule has 1 rings (SSSR count). The first-order valence-electron chi connectivity index (χ1n) is 5.33.